The number of nitrogens with zero attached hydrogens (tertiary/aromatic N) is 2. The van der Waals surface area contributed by atoms with Crippen LogP contribution in [0.3, 0.4) is 0 Å². The second-order valence-corrected chi connectivity index (χ2v) is 7.11. The summed E-state index contributed by atoms with van der Waals surface area (Å²) >= 11 is 0. The van der Waals surface area contributed by atoms with Gasteiger partial charge < -0.3 is 15.1 Å². The van der Waals surface area contributed by atoms with E-state index in [-0.39, 0.29) is 11.6 Å². The minimum absolute atomic E-state index is 0.0532. The van der Waals surface area contributed by atoms with Crippen molar-refractivity contribution in [2.24, 2.45) is 0 Å². The molecule has 0 heterocycles. The van der Waals surface area contributed by atoms with E-state index in [1.807, 2.05) is 11.9 Å². The highest BCUT2D eigenvalue weighted by Gasteiger charge is 2.40. The molecular weight excluding hydrogens is 274 g/mol. The molecule has 0 spiro atoms. The van der Waals surface area contributed by atoms with Crippen LogP contribution in [-0.2, 0) is 6.42 Å². The average molecular weight is 301 g/mol. The Hall–Kier alpha value is -1.55. The van der Waals surface area contributed by atoms with Gasteiger partial charge in [0.25, 0.3) is 0 Å². The number of hydrogen-bond donors (Lipinski definition) is 1. The lowest BCUT2D eigenvalue weighted by Gasteiger charge is -2.49. The highest BCUT2D eigenvalue weighted by atomic mass is 16.2. The molecule has 0 saturated heterocycles. The summed E-state index contributed by atoms with van der Waals surface area (Å²) in [5.41, 5.74) is 3.01. The first kappa shape index (κ1) is 15.3. The van der Waals surface area contributed by atoms with E-state index in [1.54, 1.807) is 0 Å². The maximum absolute atomic E-state index is 12.3. The van der Waals surface area contributed by atoms with Crippen molar-refractivity contribution in [1.29, 1.82) is 0 Å². The van der Waals surface area contributed by atoms with Gasteiger partial charge in [-0.15, -0.1) is 0 Å². The van der Waals surface area contributed by atoms with E-state index >= 15 is 0 Å². The molecule has 0 aromatic heterocycles. The van der Waals surface area contributed by atoms with Crippen LogP contribution in [0.25, 0.3) is 0 Å². The summed E-state index contributed by atoms with van der Waals surface area (Å²) in [7, 11) is 6.15. The van der Waals surface area contributed by atoms with Gasteiger partial charge in [0.15, 0.2) is 0 Å². The topological polar surface area (TPSA) is 35.6 Å². The fourth-order valence-corrected chi connectivity index (χ4v) is 3.74. The van der Waals surface area contributed by atoms with Gasteiger partial charge in [-0.25, -0.2) is 4.79 Å². The standard InChI is InChI=1S/C18H27N3O/c1-20(2)18(9-6-10-18)13-21(3)17(22)19-12-15-11-14-7-4-5-8-16(14)15/h4-5,7-8,15H,6,9-13H2,1-3H3,(H,19,22)/t15-/m0/s1. The first-order valence-electron chi connectivity index (χ1n) is 8.26. The van der Waals surface area contributed by atoms with Gasteiger partial charge in [-0.2, -0.15) is 0 Å². The van der Waals surface area contributed by atoms with Crippen LogP contribution in [0.4, 0.5) is 4.79 Å². The SMILES string of the molecule is CN(CC1(N(C)C)CCC1)C(=O)NC[C@@H]1Cc2ccccc21. The summed E-state index contributed by atoms with van der Waals surface area (Å²) in [6.07, 6.45) is 4.73. The van der Waals surface area contributed by atoms with Crippen molar-refractivity contribution in [3.05, 3.63) is 35.4 Å². The van der Waals surface area contributed by atoms with E-state index in [4.69, 9.17) is 0 Å². The van der Waals surface area contributed by atoms with Crippen LogP contribution in [0.1, 0.15) is 36.3 Å². The summed E-state index contributed by atoms with van der Waals surface area (Å²) < 4.78 is 0. The van der Waals surface area contributed by atoms with E-state index in [1.165, 1.54) is 30.4 Å². The molecule has 120 valence electrons. The minimum Gasteiger partial charge on any atom is -0.337 e. The molecule has 1 N–H and O–H groups in total. The Morgan fingerprint density at radius 3 is 2.59 bits per heavy atom. The van der Waals surface area contributed by atoms with Gasteiger partial charge in [-0.1, -0.05) is 24.3 Å². The lowest BCUT2D eigenvalue weighted by Crippen LogP contribution is -2.58. The Morgan fingerprint density at radius 2 is 2.00 bits per heavy atom. The molecular formula is C18H27N3O. The normalized spacial score (nSPS) is 21.5. The van der Waals surface area contributed by atoms with Crippen LogP contribution in [0.15, 0.2) is 24.3 Å². The third-order valence-electron chi connectivity index (χ3n) is 5.57. The summed E-state index contributed by atoms with van der Waals surface area (Å²) in [6, 6.07) is 8.57. The zero-order chi connectivity index (χ0) is 15.7. The van der Waals surface area contributed by atoms with E-state index < -0.39 is 0 Å². The minimum atomic E-state index is 0.0532. The largest absolute Gasteiger partial charge is 0.337 e. The van der Waals surface area contributed by atoms with Crippen molar-refractivity contribution in [3.8, 4) is 0 Å². The molecule has 0 unspecified atom stereocenters. The third-order valence-corrected chi connectivity index (χ3v) is 5.57. The highest BCUT2D eigenvalue weighted by Crippen LogP contribution is 2.37. The smallest absolute Gasteiger partial charge is 0.317 e. The molecule has 4 nitrogen and oxygen atoms in total. The molecule has 22 heavy (non-hydrogen) atoms. The van der Waals surface area contributed by atoms with Crippen LogP contribution >= 0.6 is 0 Å². The Kier molecular flexibility index (Phi) is 4.13. The van der Waals surface area contributed by atoms with Gasteiger partial charge in [-0.3, -0.25) is 0 Å². The van der Waals surface area contributed by atoms with Crippen LogP contribution < -0.4 is 5.32 Å². The van der Waals surface area contributed by atoms with Crippen molar-refractivity contribution in [3.63, 3.8) is 0 Å². The van der Waals surface area contributed by atoms with Gasteiger partial charge in [0.1, 0.15) is 0 Å². The van der Waals surface area contributed by atoms with E-state index in [2.05, 4.69) is 48.6 Å². The van der Waals surface area contributed by atoms with Crippen molar-refractivity contribution in [1.82, 2.24) is 15.1 Å². The quantitative estimate of drug-likeness (QED) is 0.907. The number of carbonyl (C=O) groups excluding carboxylic acids is 1. The molecule has 1 saturated carbocycles. The van der Waals surface area contributed by atoms with Crippen LogP contribution in [0.5, 0.6) is 0 Å². The Bertz CT molecular complexity index is 551. The number of benzene rings is 1. The Morgan fingerprint density at radius 1 is 1.27 bits per heavy atom. The number of carbonyl (C=O) groups is 1. The first-order chi connectivity index (χ1) is 10.5. The summed E-state index contributed by atoms with van der Waals surface area (Å²) in [4.78, 5) is 16.5. The van der Waals surface area contributed by atoms with Gasteiger partial charge in [0, 0.05) is 31.6 Å². The predicted octanol–water partition coefficient (Wildman–Crippen LogP) is 2.45. The maximum atomic E-state index is 12.3. The molecule has 4 heteroatoms. The Labute approximate surface area is 133 Å². The van der Waals surface area contributed by atoms with Crippen LogP contribution in [0, 0.1) is 0 Å². The molecule has 3 rings (SSSR count). The van der Waals surface area contributed by atoms with Gasteiger partial charge in [-0.05, 0) is 50.9 Å². The third kappa shape index (κ3) is 2.72. The molecule has 1 fully saturated rings. The molecule has 1 aromatic rings. The molecule has 0 bridgehead atoms. The lowest BCUT2D eigenvalue weighted by molar-refractivity contribution is 0.0363. The van der Waals surface area contributed by atoms with Crippen molar-refractivity contribution >= 4 is 6.03 Å². The zero-order valence-corrected chi connectivity index (χ0v) is 13.9. The highest BCUT2D eigenvalue weighted by molar-refractivity contribution is 5.74. The fraction of sp³-hybridized carbons (Fsp3) is 0.611. The lowest BCUT2D eigenvalue weighted by atomic mass is 9.75. The molecule has 2 amide bonds. The molecule has 1 aromatic carbocycles. The van der Waals surface area contributed by atoms with Gasteiger partial charge in [0.2, 0.25) is 0 Å². The molecule has 1 atom stereocenters. The van der Waals surface area contributed by atoms with E-state index in [0.717, 1.165) is 19.5 Å². The number of nitrogens with one attached hydrogen (secondary N) is 1. The maximum Gasteiger partial charge on any atom is 0.317 e. The van der Waals surface area contributed by atoms with Crippen molar-refractivity contribution in [2.75, 3.05) is 34.2 Å². The molecule has 0 radical (unpaired) electrons. The Balaban J connectivity index is 1.48. The second kappa shape index (κ2) is 5.92. The number of urea groups is 1. The van der Waals surface area contributed by atoms with Crippen LogP contribution in [-0.4, -0.2) is 55.6 Å². The predicted molar refractivity (Wildman–Crippen MR) is 89.2 cm³/mol. The second-order valence-electron chi connectivity index (χ2n) is 7.11. The number of fused-ring (bicyclic) bond motifs is 1. The summed E-state index contributed by atoms with van der Waals surface area (Å²) in [6.45, 7) is 1.56. The van der Waals surface area contributed by atoms with E-state index in [0.29, 0.717) is 5.92 Å². The van der Waals surface area contributed by atoms with Crippen LogP contribution in [0.2, 0.25) is 0 Å². The number of amides is 2. The average Bonchev–Trinajstić information content (AvgIpc) is 2.42. The van der Waals surface area contributed by atoms with Gasteiger partial charge in [0.05, 0.1) is 0 Å². The van der Waals surface area contributed by atoms with Crippen molar-refractivity contribution < 1.29 is 4.79 Å². The van der Waals surface area contributed by atoms with Gasteiger partial charge >= 0.3 is 6.03 Å². The first-order valence-corrected chi connectivity index (χ1v) is 8.26. The summed E-state index contributed by atoms with van der Waals surface area (Å²) in [5.74, 6) is 0.486. The molecule has 2 aliphatic rings. The zero-order valence-electron chi connectivity index (χ0n) is 13.9. The fourth-order valence-electron chi connectivity index (χ4n) is 3.74. The number of likely N-dealkylation sites (N-methyl/N-ethyl adjacent to an activating group) is 2. The summed E-state index contributed by atoms with van der Waals surface area (Å²) in [5, 5.41) is 3.10. The molecule has 0 aliphatic heterocycles. The molecule has 2 aliphatic carbocycles. The van der Waals surface area contributed by atoms with Crippen molar-refractivity contribution in [2.45, 2.75) is 37.1 Å². The van der Waals surface area contributed by atoms with E-state index in [9.17, 15) is 4.79 Å². The number of hydrogen-bond acceptors (Lipinski definition) is 2. The number of rotatable bonds is 5. The monoisotopic (exact) mass is 301 g/mol.